The van der Waals surface area contributed by atoms with Gasteiger partial charge in [0.25, 0.3) is 11.1 Å². The highest BCUT2D eigenvalue weighted by Crippen LogP contribution is 2.33. The number of carbonyl (C=O) groups is 2. The van der Waals surface area contributed by atoms with E-state index in [-0.39, 0.29) is 11.1 Å². The molecule has 7 heteroatoms. The standard InChI is InChI=1S/C18H17NO4S2/c1-22-13-5-7-14(8-6-13)23-10-3-9-19-17(20)16(25-18(19)21)12-15-4-2-11-24-15/h2,4-8,11-12H,3,9-10H2,1H3/b16-12-. The second kappa shape index (κ2) is 8.22. The molecule has 5 nitrogen and oxygen atoms in total. The molecule has 0 radical (unpaired) electrons. The SMILES string of the molecule is COc1ccc(OCCCN2C(=O)S/C(=C\c3cccs3)C2=O)cc1. The first-order valence-corrected chi connectivity index (χ1v) is 9.43. The minimum Gasteiger partial charge on any atom is -0.497 e. The van der Waals surface area contributed by atoms with Gasteiger partial charge >= 0.3 is 0 Å². The molecule has 2 heterocycles. The van der Waals surface area contributed by atoms with Crippen molar-refractivity contribution in [3.8, 4) is 11.5 Å². The van der Waals surface area contributed by atoms with Gasteiger partial charge in [-0.3, -0.25) is 14.5 Å². The fraction of sp³-hybridized carbons (Fsp3) is 0.222. The predicted molar refractivity (Wildman–Crippen MR) is 100 cm³/mol. The molecule has 1 aromatic heterocycles. The van der Waals surface area contributed by atoms with E-state index in [4.69, 9.17) is 9.47 Å². The molecule has 2 amide bonds. The summed E-state index contributed by atoms with van der Waals surface area (Å²) in [6.07, 6.45) is 2.35. The number of imide groups is 1. The third-order valence-corrected chi connectivity index (χ3v) is 5.27. The van der Waals surface area contributed by atoms with Crippen LogP contribution >= 0.6 is 23.1 Å². The van der Waals surface area contributed by atoms with Crippen LogP contribution in [0.4, 0.5) is 4.79 Å². The Morgan fingerprint density at radius 3 is 2.56 bits per heavy atom. The fourth-order valence-corrected chi connectivity index (χ4v) is 3.87. The lowest BCUT2D eigenvalue weighted by molar-refractivity contribution is -0.122. The number of nitrogens with zero attached hydrogens (tertiary/aromatic N) is 1. The number of thioether (sulfide) groups is 1. The van der Waals surface area contributed by atoms with Crippen LogP contribution in [0.5, 0.6) is 11.5 Å². The minimum absolute atomic E-state index is 0.225. The van der Waals surface area contributed by atoms with E-state index < -0.39 is 0 Å². The molecule has 1 aliphatic rings. The molecular formula is C18H17NO4S2. The van der Waals surface area contributed by atoms with E-state index in [0.717, 1.165) is 28.1 Å². The van der Waals surface area contributed by atoms with Gasteiger partial charge in [-0.25, -0.2) is 0 Å². The summed E-state index contributed by atoms with van der Waals surface area (Å²) in [5, 5.41) is 1.71. The van der Waals surface area contributed by atoms with E-state index in [1.165, 1.54) is 16.2 Å². The maximum Gasteiger partial charge on any atom is 0.293 e. The molecule has 0 spiro atoms. The molecule has 1 fully saturated rings. The average Bonchev–Trinajstić information content (AvgIpc) is 3.22. The monoisotopic (exact) mass is 375 g/mol. The van der Waals surface area contributed by atoms with Crippen LogP contribution in [0.1, 0.15) is 11.3 Å². The number of hydrogen-bond acceptors (Lipinski definition) is 6. The minimum atomic E-state index is -0.229. The molecule has 1 aromatic carbocycles. The molecule has 0 bridgehead atoms. The van der Waals surface area contributed by atoms with E-state index >= 15 is 0 Å². The third kappa shape index (κ3) is 4.43. The maximum absolute atomic E-state index is 12.3. The van der Waals surface area contributed by atoms with E-state index in [2.05, 4.69) is 0 Å². The van der Waals surface area contributed by atoms with Crippen LogP contribution in [0.2, 0.25) is 0 Å². The topological polar surface area (TPSA) is 55.8 Å². The highest BCUT2D eigenvalue weighted by molar-refractivity contribution is 8.18. The second-order valence-electron chi connectivity index (χ2n) is 5.23. The van der Waals surface area contributed by atoms with Crippen LogP contribution in [0, 0.1) is 0 Å². The van der Waals surface area contributed by atoms with Gasteiger partial charge in [0.15, 0.2) is 0 Å². The average molecular weight is 375 g/mol. The number of carbonyl (C=O) groups excluding carboxylic acids is 2. The Balaban J connectivity index is 1.49. The van der Waals surface area contributed by atoms with Crippen LogP contribution in [0.15, 0.2) is 46.7 Å². The van der Waals surface area contributed by atoms with Crippen LogP contribution in [-0.2, 0) is 4.79 Å². The van der Waals surface area contributed by atoms with E-state index in [1.807, 2.05) is 41.8 Å². The molecule has 0 N–H and O–H groups in total. The summed E-state index contributed by atoms with van der Waals surface area (Å²) in [7, 11) is 1.61. The lowest BCUT2D eigenvalue weighted by Gasteiger charge is -2.12. The largest absolute Gasteiger partial charge is 0.497 e. The Morgan fingerprint density at radius 2 is 1.88 bits per heavy atom. The van der Waals surface area contributed by atoms with E-state index in [9.17, 15) is 9.59 Å². The van der Waals surface area contributed by atoms with Crippen molar-refractivity contribution in [3.63, 3.8) is 0 Å². The lowest BCUT2D eigenvalue weighted by atomic mass is 10.3. The zero-order valence-corrected chi connectivity index (χ0v) is 15.3. The van der Waals surface area contributed by atoms with Gasteiger partial charge in [0.2, 0.25) is 0 Å². The molecule has 0 aliphatic carbocycles. The van der Waals surface area contributed by atoms with Gasteiger partial charge < -0.3 is 9.47 Å². The van der Waals surface area contributed by atoms with Gasteiger partial charge in [-0.1, -0.05) is 6.07 Å². The molecule has 25 heavy (non-hydrogen) atoms. The number of rotatable bonds is 7. The van der Waals surface area contributed by atoms with Crippen molar-refractivity contribution in [2.75, 3.05) is 20.3 Å². The number of methoxy groups -OCH3 is 1. The maximum atomic E-state index is 12.3. The first kappa shape index (κ1) is 17.6. The van der Waals surface area contributed by atoms with Crippen molar-refractivity contribution in [1.29, 1.82) is 0 Å². The number of amides is 2. The summed E-state index contributed by atoms with van der Waals surface area (Å²) in [5.74, 6) is 1.27. The number of hydrogen-bond donors (Lipinski definition) is 0. The smallest absolute Gasteiger partial charge is 0.293 e. The van der Waals surface area contributed by atoms with Gasteiger partial charge in [-0.2, -0.15) is 0 Å². The predicted octanol–water partition coefficient (Wildman–Crippen LogP) is 4.26. The summed E-state index contributed by atoms with van der Waals surface area (Å²) >= 11 is 2.52. The second-order valence-corrected chi connectivity index (χ2v) is 7.20. The van der Waals surface area contributed by atoms with Gasteiger partial charge in [0, 0.05) is 11.4 Å². The first-order chi connectivity index (χ1) is 12.2. The number of benzene rings is 1. The summed E-state index contributed by atoms with van der Waals surface area (Å²) in [6, 6.07) is 11.1. The van der Waals surface area contributed by atoms with Crippen LogP contribution < -0.4 is 9.47 Å². The van der Waals surface area contributed by atoms with Crippen LogP contribution in [-0.4, -0.2) is 36.3 Å². The Kier molecular flexibility index (Phi) is 5.78. The highest BCUT2D eigenvalue weighted by Gasteiger charge is 2.34. The van der Waals surface area contributed by atoms with Crippen LogP contribution in [0.25, 0.3) is 6.08 Å². The Bertz CT molecular complexity index is 769. The number of thiophene rings is 1. The van der Waals surface area contributed by atoms with Crippen molar-refractivity contribution in [1.82, 2.24) is 4.90 Å². The Morgan fingerprint density at radius 1 is 1.12 bits per heavy atom. The van der Waals surface area contributed by atoms with Crippen molar-refractivity contribution >= 4 is 40.3 Å². The van der Waals surface area contributed by atoms with E-state index in [1.54, 1.807) is 13.2 Å². The van der Waals surface area contributed by atoms with Gasteiger partial charge in [-0.15, -0.1) is 11.3 Å². The quantitative estimate of drug-likeness (QED) is 0.534. The highest BCUT2D eigenvalue weighted by atomic mass is 32.2. The normalized spacial score (nSPS) is 15.9. The molecule has 1 aliphatic heterocycles. The van der Waals surface area contributed by atoms with Gasteiger partial charge in [0.1, 0.15) is 11.5 Å². The Labute approximate surface area is 154 Å². The summed E-state index contributed by atoms with van der Waals surface area (Å²) in [4.78, 5) is 27.1. The molecule has 130 valence electrons. The summed E-state index contributed by atoms with van der Waals surface area (Å²) in [6.45, 7) is 0.778. The fourth-order valence-electron chi connectivity index (χ4n) is 2.28. The number of ether oxygens (including phenoxy) is 2. The van der Waals surface area contributed by atoms with E-state index in [0.29, 0.717) is 24.5 Å². The Hall–Kier alpha value is -2.25. The zero-order chi connectivity index (χ0) is 17.6. The summed E-state index contributed by atoms with van der Waals surface area (Å²) in [5.41, 5.74) is 0. The molecule has 3 rings (SSSR count). The van der Waals surface area contributed by atoms with Gasteiger partial charge in [0.05, 0.1) is 18.6 Å². The van der Waals surface area contributed by atoms with Gasteiger partial charge in [-0.05, 0) is 60.0 Å². The molecule has 1 saturated heterocycles. The van der Waals surface area contributed by atoms with Crippen molar-refractivity contribution in [2.24, 2.45) is 0 Å². The molecular weight excluding hydrogens is 358 g/mol. The zero-order valence-electron chi connectivity index (χ0n) is 13.6. The van der Waals surface area contributed by atoms with Crippen molar-refractivity contribution in [2.45, 2.75) is 6.42 Å². The molecule has 0 atom stereocenters. The molecule has 2 aromatic rings. The summed E-state index contributed by atoms with van der Waals surface area (Å²) < 4.78 is 10.7. The first-order valence-electron chi connectivity index (χ1n) is 7.73. The van der Waals surface area contributed by atoms with Crippen molar-refractivity contribution in [3.05, 3.63) is 51.6 Å². The van der Waals surface area contributed by atoms with Crippen molar-refractivity contribution < 1.29 is 19.1 Å². The third-order valence-electron chi connectivity index (χ3n) is 3.54. The molecule has 0 saturated carbocycles. The lowest BCUT2D eigenvalue weighted by Crippen LogP contribution is -2.30. The van der Waals surface area contributed by atoms with Crippen LogP contribution in [0.3, 0.4) is 0 Å². The molecule has 0 unspecified atom stereocenters.